The van der Waals surface area contributed by atoms with Crippen LogP contribution in [-0.2, 0) is 17.8 Å². The molecule has 124 valence electrons. The van der Waals surface area contributed by atoms with Gasteiger partial charge in [0.25, 0.3) is 0 Å². The molecule has 0 N–H and O–H groups in total. The van der Waals surface area contributed by atoms with Crippen LogP contribution < -0.4 is 9.47 Å². The van der Waals surface area contributed by atoms with Crippen molar-refractivity contribution in [1.29, 1.82) is 0 Å². The van der Waals surface area contributed by atoms with Crippen molar-refractivity contribution in [2.24, 2.45) is 0 Å². The van der Waals surface area contributed by atoms with E-state index in [4.69, 9.17) is 9.47 Å². The summed E-state index contributed by atoms with van der Waals surface area (Å²) in [5.74, 6) is 1.45. The highest BCUT2D eigenvalue weighted by molar-refractivity contribution is 5.92. The molecule has 0 radical (unpaired) electrons. The van der Waals surface area contributed by atoms with E-state index in [1.54, 1.807) is 26.4 Å². The first-order chi connectivity index (χ1) is 11.7. The van der Waals surface area contributed by atoms with Crippen molar-refractivity contribution in [3.05, 3.63) is 65.2 Å². The highest BCUT2D eigenvalue weighted by Crippen LogP contribution is 2.25. The normalized spacial score (nSPS) is 13.7. The lowest BCUT2D eigenvalue weighted by Crippen LogP contribution is -2.34. The Labute approximate surface area is 142 Å². The topological polar surface area (TPSA) is 38.8 Å². The summed E-state index contributed by atoms with van der Waals surface area (Å²) in [5.41, 5.74) is 3.38. The first-order valence-electron chi connectivity index (χ1n) is 7.97. The Balaban J connectivity index is 1.74. The molecule has 0 saturated heterocycles. The molecule has 1 heterocycles. The Morgan fingerprint density at radius 3 is 2.62 bits per heavy atom. The molecule has 1 aliphatic heterocycles. The van der Waals surface area contributed by atoms with Gasteiger partial charge in [-0.25, -0.2) is 0 Å². The quantitative estimate of drug-likeness (QED) is 0.810. The molecule has 1 aliphatic rings. The summed E-state index contributed by atoms with van der Waals surface area (Å²) >= 11 is 0. The van der Waals surface area contributed by atoms with Gasteiger partial charge in [0.2, 0.25) is 5.91 Å². The summed E-state index contributed by atoms with van der Waals surface area (Å²) < 4.78 is 10.6. The van der Waals surface area contributed by atoms with Crippen molar-refractivity contribution in [3.63, 3.8) is 0 Å². The lowest BCUT2D eigenvalue weighted by Gasteiger charge is -2.27. The maximum Gasteiger partial charge on any atom is 0.246 e. The number of fused-ring (bicyclic) bond motifs is 1. The number of carbonyl (C=O) groups is 1. The van der Waals surface area contributed by atoms with E-state index in [1.807, 2.05) is 35.2 Å². The highest BCUT2D eigenvalue weighted by Gasteiger charge is 2.18. The molecule has 2 aromatic carbocycles. The van der Waals surface area contributed by atoms with Gasteiger partial charge in [-0.3, -0.25) is 4.79 Å². The fourth-order valence-corrected chi connectivity index (χ4v) is 2.92. The lowest BCUT2D eigenvalue weighted by atomic mass is 10.00. The number of amides is 1. The van der Waals surface area contributed by atoms with E-state index < -0.39 is 0 Å². The lowest BCUT2D eigenvalue weighted by molar-refractivity contribution is -0.126. The number of nitrogens with zero attached hydrogens (tertiary/aromatic N) is 1. The largest absolute Gasteiger partial charge is 0.497 e. The van der Waals surface area contributed by atoms with Crippen LogP contribution >= 0.6 is 0 Å². The van der Waals surface area contributed by atoms with Crippen LogP contribution in [0.15, 0.2) is 48.5 Å². The van der Waals surface area contributed by atoms with Crippen LogP contribution in [0.1, 0.15) is 16.7 Å². The summed E-state index contributed by atoms with van der Waals surface area (Å²) in [6, 6.07) is 13.8. The summed E-state index contributed by atoms with van der Waals surface area (Å²) in [6.07, 6.45) is 4.29. The van der Waals surface area contributed by atoms with E-state index >= 15 is 0 Å². The molecule has 4 heteroatoms. The minimum absolute atomic E-state index is 0.00868. The molecular weight excluding hydrogens is 302 g/mol. The Morgan fingerprint density at radius 2 is 1.88 bits per heavy atom. The van der Waals surface area contributed by atoms with Crippen LogP contribution in [0.5, 0.6) is 11.5 Å². The SMILES string of the molecule is COc1ccc(OC)c(/C=C/C(=O)N2CCc3ccccc3C2)c1. The molecule has 0 aromatic heterocycles. The van der Waals surface area contributed by atoms with Gasteiger partial charge >= 0.3 is 0 Å². The number of methoxy groups -OCH3 is 2. The fraction of sp³-hybridized carbons (Fsp3) is 0.250. The average Bonchev–Trinajstić information content (AvgIpc) is 2.65. The Morgan fingerprint density at radius 1 is 1.08 bits per heavy atom. The third-order valence-corrected chi connectivity index (χ3v) is 4.28. The van der Waals surface area contributed by atoms with Crippen molar-refractivity contribution < 1.29 is 14.3 Å². The second kappa shape index (κ2) is 7.21. The first-order valence-corrected chi connectivity index (χ1v) is 7.97. The Hall–Kier alpha value is -2.75. The van der Waals surface area contributed by atoms with Gasteiger partial charge in [-0.05, 0) is 41.8 Å². The second-order valence-corrected chi connectivity index (χ2v) is 5.72. The van der Waals surface area contributed by atoms with Gasteiger partial charge in [0.1, 0.15) is 11.5 Å². The number of carbonyl (C=O) groups excluding carboxylic acids is 1. The van der Waals surface area contributed by atoms with Crippen LogP contribution in [0.25, 0.3) is 6.08 Å². The zero-order valence-electron chi connectivity index (χ0n) is 14.0. The number of ether oxygens (including phenoxy) is 2. The second-order valence-electron chi connectivity index (χ2n) is 5.72. The fourth-order valence-electron chi connectivity index (χ4n) is 2.92. The van der Waals surface area contributed by atoms with Crippen molar-refractivity contribution in [2.75, 3.05) is 20.8 Å². The first kappa shape index (κ1) is 16.1. The summed E-state index contributed by atoms with van der Waals surface area (Å²) in [4.78, 5) is 14.4. The maximum absolute atomic E-state index is 12.5. The predicted molar refractivity (Wildman–Crippen MR) is 94.1 cm³/mol. The van der Waals surface area contributed by atoms with Gasteiger partial charge in [-0.2, -0.15) is 0 Å². The van der Waals surface area contributed by atoms with Crippen molar-refractivity contribution in [1.82, 2.24) is 4.90 Å². The van der Waals surface area contributed by atoms with E-state index in [-0.39, 0.29) is 5.91 Å². The summed E-state index contributed by atoms with van der Waals surface area (Å²) in [7, 11) is 3.23. The smallest absolute Gasteiger partial charge is 0.246 e. The number of rotatable bonds is 4. The molecule has 2 aromatic rings. The minimum atomic E-state index is 0.00868. The number of hydrogen-bond donors (Lipinski definition) is 0. The van der Waals surface area contributed by atoms with Gasteiger partial charge < -0.3 is 14.4 Å². The van der Waals surface area contributed by atoms with E-state index in [0.29, 0.717) is 12.3 Å². The molecule has 0 fully saturated rings. The van der Waals surface area contributed by atoms with Crippen molar-refractivity contribution in [3.8, 4) is 11.5 Å². The minimum Gasteiger partial charge on any atom is -0.497 e. The molecule has 0 atom stereocenters. The standard InChI is InChI=1S/C20H21NO3/c1-23-18-8-9-19(24-2)16(13-18)7-10-20(22)21-12-11-15-5-3-4-6-17(15)14-21/h3-10,13H,11-12,14H2,1-2H3/b10-7+. The molecule has 0 aliphatic carbocycles. The van der Waals surface area contributed by atoms with Crippen LogP contribution in [0.4, 0.5) is 0 Å². The van der Waals surface area contributed by atoms with E-state index in [2.05, 4.69) is 12.1 Å². The van der Waals surface area contributed by atoms with Crippen LogP contribution in [0, 0.1) is 0 Å². The van der Waals surface area contributed by atoms with Crippen LogP contribution in [0.3, 0.4) is 0 Å². The molecule has 4 nitrogen and oxygen atoms in total. The van der Waals surface area contributed by atoms with E-state index in [1.165, 1.54) is 11.1 Å². The van der Waals surface area contributed by atoms with Gasteiger partial charge in [-0.1, -0.05) is 24.3 Å². The monoisotopic (exact) mass is 323 g/mol. The summed E-state index contributed by atoms with van der Waals surface area (Å²) in [5, 5.41) is 0. The van der Waals surface area contributed by atoms with Crippen LogP contribution in [0.2, 0.25) is 0 Å². The molecule has 3 rings (SSSR count). The van der Waals surface area contributed by atoms with Crippen LogP contribution in [-0.4, -0.2) is 31.6 Å². The third-order valence-electron chi connectivity index (χ3n) is 4.28. The molecular formula is C20H21NO3. The Kier molecular flexibility index (Phi) is 4.85. The summed E-state index contributed by atoms with van der Waals surface area (Å²) in [6.45, 7) is 1.41. The molecule has 1 amide bonds. The van der Waals surface area contributed by atoms with E-state index in [0.717, 1.165) is 24.3 Å². The third kappa shape index (κ3) is 3.43. The zero-order chi connectivity index (χ0) is 16.9. The van der Waals surface area contributed by atoms with Gasteiger partial charge in [0.15, 0.2) is 0 Å². The number of benzene rings is 2. The van der Waals surface area contributed by atoms with Gasteiger partial charge in [0.05, 0.1) is 14.2 Å². The number of hydrogen-bond acceptors (Lipinski definition) is 3. The molecule has 0 bridgehead atoms. The molecule has 0 unspecified atom stereocenters. The highest BCUT2D eigenvalue weighted by atomic mass is 16.5. The molecule has 0 spiro atoms. The average molecular weight is 323 g/mol. The molecule has 0 saturated carbocycles. The van der Waals surface area contributed by atoms with Crippen molar-refractivity contribution >= 4 is 12.0 Å². The molecule has 24 heavy (non-hydrogen) atoms. The zero-order valence-corrected chi connectivity index (χ0v) is 14.0. The Bertz CT molecular complexity index is 767. The van der Waals surface area contributed by atoms with Gasteiger partial charge in [0, 0.05) is 24.7 Å². The maximum atomic E-state index is 12.5. The predicted octanol–water partition coefficient (Wildman–Crippen LogP) is 3.30. The van der Waals surface area contributed by atoms with Gasteiger partial charge in [-0.15, -0.1) is 0 Å². The van der Waals surface area contributed by atoms with Crippen molar-refractivity contribution in [2.45, 2.75) is 13.0 Å². The van der Waals surface area contributed by atoms with E-state index in [9.17, 15) is 4.79 Å².